The van der Waals surface area contributed by atoms with Crippen LogP contribution in [-0.2, 0) is 4.79 Å². The highest BCUT2D eigenvalue weighted by Crippen LogP contribution is 2.28. The van der Waals surface area contributed by atoms with E-state index in [1.807, 2.05) is 19.1 Å². The minimum atomic E-state index is -0.125. The number of nitriles is 1. The Hall–Kier alpha value is -1.38. The van der Waals surface area contributed by atoms with E-state index in [0.29, 0.717) is 17.8 Å². The zero-order valence-electron chi connectivity index (χ0n) is 10.1. The molecule has 18 heavy (non-hydrogen) atoms. The molecule has 0 radical (unpaired) electrons. The van der Waals surface area contributed by atoms with E-state index >= 15 is 0 Å². The maximum atomic E-state index is 12.2. The topological polar surface area (TPSA) is 56.1 Å². The Labute approximate surface area is 115 Å². The Morgan fingerprint density at radius 2 is 2.39 bits per heavy atom. The van der Waals surface area contributed by atoms with Crippen LogP contribution in [0.1, 0.15) is 18.9 Å². The molecule has 1 amide bonds. The molecule has 1 heterocycles. The summed E-state index contributed by atoms with van der Waals surface area (Å²) >= 11 is 3.38. The SMILES string of the molecule is CCNC1CCN(c2cc(Br)ccc2C#N)C1=O. The van der Waals surface area contributed by atoms with Gasteiger partial charge in [-0.1, -0.05) is 22.9 Å². The lowest BCUT2D eigenvalue weighted by molar-refractivity contribution is -0.118. The molecule has 1 unspecified atom stereocenters. The molecule has 1 atom stereocenters. The summed E-state index contributed by atoms with van der Waals surface area (Å²) in [6.07, 6.45) is 0.782. The third kappa shape index (κ3) is 2.40. The molecule has 0 spiro atoms. The molecule has 0 bridgehead atoms. The van der Waals surface area contributed by atoms with Crippen molar-refractivity contribution in [1.29, 1.82) is 5.26 Å². The smallest absolute Gasteiger partial charge is 0.244 e. The Kier molecular flexibility index (Phi) is 4.00. The van der Waals surface area contributed by atoms with Crippen LogP contribution in [0.5, 0.6) is 0 Å². The minimum absolute atomic E-state index is 0.0476. The van der Waals surface area contributed by atoms with Crippen LogP contribution in [0.4, 0.5) is 5.69 Å². The van der Waals surface area contributed by atoms with Crippen LogP contribution in [0.25, 0.3) is 0 Å². The van der Waals surface area contributed by atoms with E-state index < -0.39 is 0 Å². The minimum Gasteiger partial charge on any atom is -0.310 e. The lowest BCUT2D eigenvalue weighted by atomic mass is 10.2. The van der Waals surface area contributed by atoms with Crippen molar-refractivity contribution < 1.29 is 4.79 Å². The number of nitrogens with zero attached hydrogens (tertiary/aromatic N) is 2. The largest absolute Gasteiger partial charge is 0.310 e. The molecule has 5 heteroatoms. The lowest BCUT2D eigenvalue weighted by Crippen LogP contribution is -2.38. The van der Waals surface area contributed by atoms with Crippen molar-refractivity contribution in [3.63, 3.8) is 0 Å². The number of carbonyl (C=O) groups excluding carboxylic acids is 1. The highest BCUT2D eigenvalue weighted by atomic mass is 79.9. The maximum absolute atomic E-state index is 12.2. The van der Waals surface area contributed by atoms with E-state index in [-0.39, 0.29) is 11.9 Å². The van der Waals surface area contributed by atoms with Gasteiger partial charge in [-0.25, -0.2) is 0 Å². The number of likely N-dealkylation sites (N-methyl/N-ethyl adjacent to an activating group) is 1. The summed E-state index contributed by atoms with van der Waals surface area (Å²) in [4.78, 5) is 13.9. The number of hydrogen-bond donors (Lipinski definition) is 1. The Morgan fingerprint density at radius 1 is 1.61 bits per heavy atom. The van der Waals surface area contributed by atoms with E-state index in [9.17, 15) is 4.79 Å². The average molecular weight is 308 g/mol. The highest BCUT2D eigenvalue weighted by Gasteiger charge is 2.32. The summed E-state index contributed by atoms with van der Waals surface area (Å²) in [7, 11) is 0. The zero-order chi connectivity index (χ0) is 13.1. The first-order valence-corrected chi connectivity index (χ1v) is 6.71. The number of nitrogens with one attached hydrogen (secondary N) is 1. The van der Waals surface area contributed by atoms with Crippen molar-refractivity contribution in [1.82, 2.24) is 5.32 Å². The second kappa shape index (κ2) is 5.51. The molecule has 0 aliphatic carbocycles. The maximum Gasteiger partial charge on any atom is 0.244 e. The number of anilines is 1. The van der Waals surface area contributed by atoms with Crippen LogP contribution >= 0.6 is 15.9 Å². The first-order valence-electron chi connectivity index (χ1n) is 5.91. The molecule has 4 nitrogen and oxygen atoms in total. The standard InChI is InChI=1S/C13H14BrN3O/c1-2-16-11-5-6-17(13(11)18)12-7-10(14)4-3-9(12)8-15/h3-4,7,11,16H,2,5-6H2,1H3. The van der Waals surface area contributed by atoms with Gasteiger partial charge in [0.2, 0.25) is 5.91 Å². The first-order chi connectivity index (χ1) is 8.67. The molecule has 0 aromatic heterocycles. The molecule has 1 aliphatic rings. The summed E-state index contributed by atoms with van der Waals surface area (Å²) in [6.45, 7) is 3.41. The summed E-state index contributed by atoms with van der Waals surface area (Å²) < 4.78 is 0.871. The van der Waals surface area contributed by atoms with Gasteiger partial charge in [0.05, 0.1) is 17.3 Å². The van der Waals surface area contributed by atoms with Crippen molar-refractivity contribution in [2.45, 2.75) is 19.4 Å². The summed E-state index contributed by atoms with van der Waals surface area (Å²) in [5.74, 6) is 0.0476. The number of benzene rings is 1. The second-order valence-corrected chi connectivity index (χ2v) is 5.08. The quantitative estimate of drug-likeness (QED) is 0.929. The molecule has 1 aromatic rings. The number of hydrogen-bond acceptors (Lipinski definition) is 3. The van der Waals surface area contributed by atoms with Gasteiger partial charge in [0, 0.05) is 11.0 Å². The van der Waals surface area contributed by atoms with E-state index in [1.54, 1.807) is 11.0 Å². The van der Waals surface area contributed by atoms with Crippen LogP contribution in [0.3, 0.4) is 0 Å². The fraction of sp³-hybridized carbons (Fsp3) is 0.385. The van der Waals surface area contributed by atoms with Crippen molar-refractivity contribution >= 4 is 27.5 Å². The monoisotopic (exact) mass is 307 g/mol. The van der Waals surface area contributed by atoms with E-state index in [1.165, 1.54) is 0 Å². The number of rotatable bonds is 3. The van der Waals surface area contributed by atoms with Gasteiger partial charge in [-0.05, 0) is 31.2 Å². The van der Waals surface area contributed by atoms with Crippen molar-refractivity contribution in [2.24, 2.45) is 0 Å². The lowest BCUT2D eigenvalue weighted by Gasteiger charge is -2.18. The molecule has 1 N–H and O–H groups in total. The number of amides is 1. The third-order valence-electron chi connectivity index (χ3n) is 3.03. The summed E-state index contributed by atoms with van der Waals surface area (Å²) in [5, 5.41) is 12.3. The van der Waals surface area contributed by atoms with Crippen LogP contribution in [0, 0.1) is 11.3 Å². The molecule has 1 fully saturated rings. The predicted octanol–water partition coefficient (Wildman–Crippen LogP) is 2.04. The highest BCUT2D eigenvalue weighted by molar-refractivity contribution is 9.10. The van der Waals surface area contributed by atoms with Crippen molar-refractivity contribution in [2.75, 3.05) is 18.0 Å². The van der Waals surface area contributed by atoms with E-state index in [2.05, 4.69) is 27.3 Å². The number of carbonyl (C=O) groups is 1. The first kappa shape index (κ1) is 13.1. The van der Waals surface area contributed by atoms with Gasteiger partial charge in [-0.15, -0.1) is 0 Å². The van der Waals surface area contributed by atoms with Gasteiger partial charge in [0.15, 0.2) is 0 Å². The Bertz CT molecular complexity index is 509. The fourth-order valence-corrected chi connectivity index (χ4v) is 2.53. The van der Waals surface area contributed by atoms with Gasteiger partial charge in [0.1, 0.15) is 6.07 Å². The zero-order valence-corrected chi connectivity index (χ0v) is 11.7. The second-order valence-electron chi connectivity index (χ2n) is 4.16. The molecule has 1 aromatic carbocycles. The van der Waals surface area contributed by atoms with Crippen LogP contribution in [-0.4, -0.2) is 25.0 Å². The fourth-order valence-electron chi connectivity index (χ4n) is 2.18. The molecular weight excluding hydrogens is 294 g/mol. The summed E-state index contributed by atoms with van der Waals surface area (Å²) in [6, 6.07) is 7.37. The molecular formula is C13H14BrN3O. The average Bonchev–Trinajstić information content (AvgIpc) is 2.72. The molecule has 2 rings (SSSR count). The predicted molar refractivity (Wildman–Crippen MR) is 73.3 cm³/mol. The van der Waals surface area contributed by atoms with Gasteiger partial charge in [-0.2, -0.15) is 5.26 Å². The van der Waals surface area contributed by atoms with E-state index in [4.69, 9.17) is 5.26 Å². The Balaban J connectivity index is 2.31. The Morgan fingerprint density at radius 3 is 3.06 bits per heavy atom. The molecule has 94 valence electrons. The van der Waals surface area contributed by atoms with Gasteiger partial charge in [0.25, 0.3) is 0 Å². The van der Waals surface area contributed by atoms with Gasteiger partial charge < -0.3 is 10.2 Å². The molecule has 1 aliphatic heterocycles. The third-order valence-corrected chi connectivity index (χ3v) is 3.52. The van der Waals surface area contributed by atoms with Crippen LogP contribution < -0.4 is 10.2 Å². The van der Waals surface area contributed by atoms with Gasteiger partial charge >= 0.3 is 0 Å². The van der Waals surface area contributed by atoms with Crippen molar-refractivity contribution in [3.8, 4) is 6.07 Å². The van der Waals surface area contributed by atoms with Crippen LogP contribution in [0.15, 0.2) is 22.7 Å². The van der Waals surface area contributed by atoms with Crippen molar-refractivity contribution in [3.05, 3.63) is 28.2 Å². The number of halogens is 1. The summed E-state index contributed by atoms with van der Waals surface area (Å²) in [5.41, 5.74) is 1.22. The molecule has 0 saturated carbocycles. The van der Waals surface area contributed by atoms with E-state index in [0.717, 1.165) is 17.4 Å². The molecule has 1 saturated heterocycles. The van der Waals surface area contributed by atoms with Crippen LogP contribution in [0.2, 0.25) is 0 Å². The van der Waals surface area contributed by atoms with Gasteiger partial charge in [-0.3, -0.25) is 4.79 Å². The normalized spacial score (nSPS) is 19.1.